The van der Waals surface area contributed by atoms with Gasteiger partial charge in [0, 0.05) is 19.7 Å². The van der Waals surface area contributed by atoms with Crippen LogP contribution in [0.5, 0.6) is 0 Å². The molecule has 0 aromatic rings. The van der Waals surface area contributed by atoms with Crippen LogP contribution in [0, 0.1) is 0 Å². The van der Waals surface area contributed by atoms with Crippen LogP contribution in [0.2, 0.25) is 0 Å². The van der Waals surface area contributed by atoms with Crippen molar-refractivity contribution in [2.24, 2.45) is 0 Å². The number of piperidine rings is 1. The Balaban J connectivity index is 1.43. The quantitative estimate of drug-likeness (QED) is 0.657. The summed E-state index contributed by atoms with van der Waals surface area (Å²) in [5.74, 6) is 0. The zero-order valence-electron chi connectivity index (χ0n) is 11.3. The minimum atomic E-state index is 0.486. The molecule has 100 valence electrons. The summed E-state index contributed by atoms with van der Waals surface area (Å²) in [5, 5.41) is 3.58. The number of unbranched alkanes of at least 4 members (excludes halogenated alkanes) is 2. The molecule has 1 saturated carbocycles. The van der Waals surface area contributed by atoms with Gasteiger partial charge < -0.3 is 15.0 Å². The fourth-order valence-corrected chi connectivity index (χ4v) is 2.64. The number of hydrogen-bond donors (Lipinski definition) is 1. The van der Waals surface area contributed by atoms with E-state index in [1.165, 1.54) is 64.6 Å². The number of hydrogen-bond acceptors (Lipinski definition) is 3. The van der Waals surface area contributed by atoms with Gasteiger partial charge in [-0.1, -0.05) is 6.42 Å². The van der Waals surface area contributed by atoms with Gasteiger partial charge in [-0.15, -0.1) is 0 Å². The van der Waals surface area contributed by atoms with Crippen molar-refractivity contribution in [1.29, 1.82) is 0 Å². The first-order valence-corrected chi connectivity index (χ1v) is 7.37. The molecule has 17 heavy (non-hydrogen) atoms. The summed E-state index contributed by atoms with van der Waals surface area (Å²) in [6.45, 7) is 4.92. The van der Waals surface area contributed by atoms with Gasteiger partial charge in [0.2, 0.25) is 0 Å². The van der Waals surface area contributed by atoms with Gasteiger partial charge in [-0.2, -0.15) is 0 Å². The highest BCUT2D eigenvalue weighted by Crippen LogP contribution is 2.18. The van der Waals surface area contributed by atoms with Crippen molar-refractivity contribution in [3.8, 4) is 0 Å². The predicted octanol–water partition coefficient (Wildman–Crippen LogP) is 2.02. The Bertz CT molecular complexity index is 206. The molecule has 1 aliphatic heterocycles. The average molecular weight is 240 g/mol. The zero-order valence-corrected chi connectivity index (χ0v) is 11.3. The largest absolute Gasteiger partial charge is 0.380 e. The molecule has 2 rings (SSSR count). The van der Waals surface area contributed by atoms with Crippen molar-refractivity contribution in [3.05, 3.63) is 0 Å². The number of rotatable bonds is 8. The summed E-state index contributed by atoms with van der Waals surface area (Å²) in [5.41, 5.74) is 0. The summed E-state index contributed by atoms with van der Waals surface area (Å²) in [6.07, 6.45) is 9.92. The molecule has 1 unspecified atom stereocenters. The number of nitrogens with one attached hydrogen (secondary N) is 1. The van der Waals surface area contributed by atoms with Crippen LogP contribution in [0.15, 0.2) is 0 Å². The molecule has 0 spiro atoms. The summed E-state index contributed by atoms with van der Waals surface area (Å²) in [4.78, 5) is 2.58. The third kappa shape index (κ3) is 5.36. The van der Waals surface area contributed by atoms with E-state index in [4.69, 9.17) is 4.74 Å². The fourth-order valence-electron chi connectivity index (χ4n) is 2.64. The number of methoxy groups -OCH3 is 1. The van der Waals surface area contributed by atoms with Crippen molar-refractivity contribution in [1.82, 2.24) is 10.2 Å². The van der Waals surface area contributed by atoms with Crippen LogP contribution in [0.25, 0.3) is 0 Å². The van der Waals surface area contributed by atoms with Crippen molar-refractivity contribution >= 4 is 0 Å². The van der Waals surface area contributed by atoms with Gasteiger partial charge in [-0.25, -0.2) is 0 Å². The van der Waals surface area contributed by atoms with E-state index in [9.17, 15) is 0 Å². The minimum Gasteiger partial charge on any atom is -0.380 e. The summed E-state index contributed by atoms with van der Waals surface area (Å²) >= 11 is 0. The highest BCUT2D eigenvalue weighted by molar-refractivity contribution is 4.80. The van der Waals surface area contributed by atoms with Crippen LogP contribution >= 0.6 is 0 Å². The van der Waals surface area contributed by atoms with Crippen LogP contribution in [0.3, 0.4) is 0 Å². The van der Waals surface area contributed by atoms with E-state index in [-0.39, 0.29) is 0 Å². The molecule has 1 heterocycles. The standard InChI is InChI=1S/C14H28N2O/c1-17-14-6-5-11-16(12-14)10-4-2-3-9-15-13-7-8-13/h13-15H,2-12H2,1H3. The Labute approximate surface area is 106 Å². The topological polar surface area (TPSA) is 24.5 Å². The van der Waals surface area contributed by atoms with E-state index < -0.39 is 0 Å². The lowest BCUT2D eigenvalue weighted by Crippen LogP contribution is -2.39. The SMILES string of the molecule is COC1CCCN(CCCCCNC2CC2)C1. The van der Waals surface area contributed by atoms with Gasteiger partial charge in [0.05, 0.1) is 6.10 Å². The van der Waals surface area contributed by atoms with Crippen LogP contribution < -0.4 is 5.32 Å². The molecule has 1 aliphatic carbocycles. The second kappa shape index (κ2) is 7.34. The zero-order chi connectivity index (χ0) is 11.9. The molecule has 0 radical (unpaired) electrons. The highest BCUT2D eigenvalue weighted by Gasteiger charge is 2.20. The minimum absolute atomic E-state index is 0.486. The molecule has 2 aliphatic rings. The first-order chi connectivity index (χ1) is 8.38. The van der Waals surface area contributed by atoms with E-state index in [1.807, 2.05) is 7.11 Å². The van der Waals surface area contributed by atoms with Crippen LogP contribution in [0.4, 0.5) is 0 Å². The Morgan fingerprint density at radius 1 is 1.18 bits per heavy atom. The van der Waals surface area contributed by atoms with E-state index in [0.29, 0.717) is 6.10 Å². The molecular weight excluding hydrogens is 212 g/mol. The van der Waals surface area contributed by atoms with E-state index in [1.54, 1.807) is 0 Å². The van der Waals surface area contributed by atoms with Gasteiger partial charge in [0.25, 0.3) is 0 Å². The van der Waals surface area contributed by atoms with Gasteiger partial charge in [0.1, 0.15) is 0 Å². The fraction of sp³-hybridized carbons (Fsp3) is 1.00. The molecule has 0 bridgehead atoms. The van der Waals surface area contributed by atoms with Crippen molar-refractivity contribution in [2.45, 2.75) is 57.1 Å². The van der Waals surface area contributed by atoms with Crippen molar-refractivity contribution in [3.63, 3.8) is 0 Å². The molecule has 0 amide bonds. The Hall–Kier alpha value is -0.120. The Kier molecular flexibility index (Phi) is 5.75. The second-order valence-corrected chi connectivity index (χ2v) is 5.59. The lowest BCUT2D eigenvalue weighted by molar-refractivity contribution is 0.0309. The van der Waals surface area contributed by atoms with Crippen LogP contribution in [0.1, 0.15) is 44.9 Å². The molecule has 1 N–H and O–H groups in total. The van der Waals surface area contributed by atoms with E-state index in [2.05, 4.69) is 10.2 Å². The normalized spacial score (nSPS) is 26.3. The Morgan fingerprint density at radius 3 is 2.82 bits per heavy atom. The number of likely N-dealkylation sites (tertiary alicyclic amines) is 1. The number of ether oxygens (including phenoxy) is 1. The smallest absolute Gasteiger partial charge is 0.0698 e. The third-order valence-corrected chi connectivity index (χ3v) is 3.96. The summed E-state index contributed by atoms with van der Waals surface area (Å²) < 4.78 is 5.45. The summed E-state index contributed by atoms with van der Waals surface area (Å²) in [7, 11) is 1.84. The van der Waals surface area contributed by atoms with Crippen LogP contribution in [-0.2, 0) is 4.74 Å². The first kappa shape index (κ1) is 13.3. The molecular formula is C14H28N2O. The van der Waals surface area contributed by atoms with Gasteiger partial charge >= 0.3 is 0 Å². The van der Waals surface area contributed by atoms with Gasteiger partial charge in [0.15, 0.2) is 0 Å². The average Bonchev–Trinajstić information content (AvgIpc) is 3.18. The van der Waals surface area contributed by atoms with Crippen molar-refractivity contribution < 1.29 is 4.74 Å². The third-order valence-electron chi connectivity index (χ3n) is 3.96. The molecule has 2 fully saturated rings. The maximum absolute atomic E-state index is 5.45. The second-order valence-electron chi connectivity index (χ2n) is 5.59. The van der Waals surface area contributed by atoms with Gasteiger partial charge in [-0.3, -0.25) is 0 Å². The predicted molar refractivity (Wildman–Crippen MR) is 71.3 cm³/mol. The van der Waals surface area contributed by atoms with E-state index in [0.717, 1.165) is 12.6 Å². The maximum atomic E-state index is 5.45. The first-order valence-electron chi connectivity index (χ1n) is 7.37. The molecule has 0 aromatic heterocycles. The summed E-state index contributed by atoms with van der Waals surface area (Å²) in [6, 6.07) is 0.875. The highest BCUT2D eigenvalue weighted by atomic mass is 16.5. The molecule has 1 saturated heterocycles. The molecule has 0 aromatic carbocycles. The maximum Gasteiger partial charge on any atom is 0.0698 e. The van der Waals surface area contributed by atoms with Crippen molar-refractivity contribution in [2.75, 3.05) is 33.3 Å². The molecule has 3 nitrogen and oxygen atoms in total. The lowest BCUT2D eigenvalue weighted by Gasteiger charge is -2.31. The Morgan fingerprint density at radius 2 is 2.06 bits per heavy atom. The molecule has 3 heteroatoms. The molecule has 1 atom stereocenters. The van der Waals surface area contributed by atoms with E-state index >= 15 is 0 Å². The van der Waals surface area contributed by atoms with Gasteiger partial charge in [-0.05, 0) is 58.2 Å². The van der Waals surface area contributed by atoms with Crippen LogP contribution in [-0.4, -0.2) is 50.3 Å². The monoisotopic (exact) mass is 240 g/mol. The number of nitrogens with zero attached hydrogens (tertiary/aromatic N) is 1. The lowest BCUT2D eigenvalue weighted by atomic mass is 10.1.